The van der Waals surface area contributed by atoms with Gasteiger partial charge in [-0.1, -0.05) is 60.7 Å². The standard InChI is InChI=1S/C28H25NO3S/c30-28(29-23-12-13-23)24-15-16-33-27(24)22-11-14-25(31-18-20-7-3-1-4-8-20)26(17-22)32-19-21-9-5-2-6-10-21/h1-11,14-17,23H,12-13,18-19H2,(H,29,30). The quantitative estimate of drug-likeness (QED) is 0.315. The van der Waals surface area contributed by atoms with E-state index in [1.54, 1.807) is 11.3 Å². The van der Waals surface area contributed by atoms with Crippen molar-refractivity contribution in [3.8, 4) is 21.9 Å². The second-order valence-electron chi connectivity index (χ2n) is 8.12. The maximum atomic E-state index is 12.7. The van der Waals surface area contributed by atoms with E-state index in [0.29, 0.717) is 36.3 Å². The molecule has 1 aliphatic rings. The van der Waals surface area contributed by atoms with E-state index in [2.05, 4.69) is 5.32 Å². The van der Waals surface area contributed by atoms with Gasteiger partial charge in [-0.25, -0.2) is 0 Å². The number of nitrogens with one attached hydrogen (secondary N) is 1. The molecule has 1 aliphatic carbocycles. The van der Waals surface area contributed by atoms with Gasteiger partial charge in [-0.2, -0.15) is 0 Å². The lowest BCUT2D eigenvalue weighted by molar-refractivity contribution is 0.0952. The van der Waals surface area contributed by atoms with Crippen LogP contribution in [0.5, 0.6) is 11.5 Å². The van der Waals surface area contributed by atoms with Crippen LogP contribution in [0.25, 0.3) is 10.4 Å². The lowest BCUT2D eigenvalue weighted by Crippen LogP contribution is -2.25. The highest BCUT2D eigenvalue weighted by Crippen LogP contribution is 2.37. The van der Waals surface area contributed by atoms with Gasteiger partial charge in [-0.3, -0.25) is 4.79 Å². The minimum Gasteiger partial charge on any atom is -0.485 e. The lowest BCUT2D eigenvalue weighted by Gasteiger charge is -2.15. The van der Waals surface area contributed by atoms with Crippen molar-refractivity contribution in [2.75, 3.05) is 0 Å². The average molecular weight is 456 g/mol. The third kappa shape index (κ3) is 5.44. The van der Waals surface area contributed by atoms with Crippen molar-refractivity contribution in [3.63, 3.8) is 0 Å². The first-order chi connectivity index (χ1) is 16.3. The molecule has 5 heteroatoms. The van der Waals surface area contributed by atoms with Crippen molar-refractivity contribution in [1.29, 1.82) is 0 Å². The van der Waals surface area contributed by atoms with Crippen molar-refractivity contribution in [2.24, 2.45) is 0 Å². The van der Waals surface area contributed by atoms with Gasteiger partial charge in [0.2, 0.25) is 0 Å². The van der Waals surface area contributed by atoms with Gasteiger partial charge in [0.1, 0.15) is 13.2 Å². The molecule has 0 bridgehead atoms. The first kappa shape index (κ1) is 21.3. The number of hydrogen-bond acceptors (Lipinski definition) is 4. The van der Waals surface area contributed by atoms with E-state index in [4.69, 9.17) is 9.47 Å². The number of carbonyl (C=O) groups excluding carboxylic acids is 1. The molecule has 1 amide bonds. The summed E-state index contributed by atoms with van der Waals surface area (Å²) in [6.07, 6.45) is 2.13. The van der Waals surface area contributed by atoms with Crippen LogP contribution in [0.2, 0.25) is 0 Å². The number of carbonyl (C=O) groups is 1. The van der Waals surface area contributed by atoms with Crippen molar-refractivity contribution in [1.82, 2.24) is 5.32 Å². The maximum absolute atomic E-state index is 12.7. The molecule has 33 heavy (non-hydrogen) atoms. The smallest absolute Gasteiger partial charge is 0.252 e. The zero-order valence-electron chi connectivity index (χ0n) is 18.2. The fourth-order valence-corrected chi connectivity index (χ4v) is 4.45. The normalized spacial score (nSPS) is 12.8. The summed E-state index contributed by atoms with van der Waals surface area (Å²) in [6, 6.07) is 28.2. The summed E-state index contributed by atoms with van der Waals surface area (Å²) < 4.78 is 12.3. The molecule has 4 nitrogen and oxygen atoms in total. The molecule has 0 spiro atoms. The van der Waals surface area contributed by atoms with Gasteiger partial charge in [-0.15, -0.1) is 11.3 Å². The molecule has 0 aliphatic heterocycles. The first-order valence-electron chi connectivity index (χ1n) is 11.1. The Morgan fingerprint density at radius 3 is 2.09 bits per heavy atom. The Morgan fingerprint density at radius 1 is 0.818 bits per heavy atom. The Labute approximate surface area is 197 Å². The van der Waals surface area contributed by atoms with Gasteiger partial charge in [0.15, 0.2) is 11.5 Å². The SMILES string of the molecule is O=C(NC1CC1)c1ccsc1-c1ccc(OCc2ccccc2)c(OCc2ccccc2)c1. The maximum Gasteiger partial charge on any atom is 0.252 e. The Morgan fingerprint density at radius 2 is 1.45 bits per heavy atom. The molecule has 1 fully saturated rings. The molecule has 1 aromatic heterocycles. The molecule has 3 aromatic carbocycles. The Kier molecular flexibility index (Phi) is 6.40. The number of rotatable bonds is 9. The number of hydrogen-bond donors (Lipinski definition) is 1. The second kappa shape index (κ2) is 9.92. The zero-order valence-corrected chi connectivity index (χ0v) is 19.0. The van der Waals surface area contributed by atoms with Crippen LogP contribution >= 0.6 is 11.3 Å². The van der Waals surface area contributed by atoms with Crippen LogP contribution in [0.15, 0.2) is 90.3 Å². The molecule has 4 aromatic rings. The van der Waals surface area contributed by atoms with Crippen LogP contribution < -0.4 is 14.8 Å². The highest BCUT2D eigenvalue weighted by Gasteiger charge is 2.25. The van der Waals surface area contributed by atoms with E-state index < -0.39 is 0 Å². The molecule has 1 N–H and O–H groups in total. The highest BCUT2D eigenvalue weighted by atomic mass is 32.1. The Balaban J connectivity index is 1.41. The number of thiophene rings is 1. The lowest BCUT2D eigenvalue weighted by atomic mass is 10.1. The van der Waals surface area contributed by atoms with Crippen LogP contribution in [0.1, 0.15) is 34.3 Å². The van der Waals surface area contributed by atoms with E-state index in [9.17, 15) is 4.79 Å². The summed E-state index contributed by atoms with van der Waals surface area (Å²) in [5, 5.41) is 5.05. The summed E-state index contributed by atoms with van der Waals surface area (Å²) in [6.45, 7) is 0.890. The average Bonchev–Trinajstić information content (AvgIpc) is 3.53. The molecular formula is C28H25NO3S. The molecule has 1 saturated carbocycles. The van der Waals surface area contributed by atoms with Crippen LogP contribution in [0.3, 0.4) is 0 Å². The minimum atomic E-state index is -0.00934. The van der Waals surface area contributed by atoms with Crippen molar-refractivity contribution < 1.29 is 14.3 Å². The van der Waals surface area contributed by atoms with Crippen molar-refractivity contribution in [2.45, 2.75) is 32.1 Å². The zero-order chi connectivity index (χ0) is 22.5. The highest BCUT2D eigenvalue weighted by molar-refractivity contribution is 7.14. The topological polar surface area (TPSA) is 47.6 Å². The van der Waals surface area contributed by atoms with Crippen molar-refractivity contribution >= 4 is 17.2 Å². The Hall–Kier alpha value is -3.57. The molecule has 0 atom stereocenters. The number of benzene rings is 3. The summed E-state index contributed by atoms with van der Waals surface area (Å²) in [5.41, 5.74) is 3.82. The monoisotopic (exact) mass is 455 g/mol. The van der Waals surface area contributed by atoms with Gasteiger partial charge < -0.3 is 14.8 Å². The van der Waals surface area contributed by atoms with E-state index in [0.717, 1.165) is 34.4 Å². The fourth-order valence-electron chi connectivity index (χ4n) is 3.55. The summed E-state index contributed by atoms with van der Waals surface area (Å²) in [5.74, 6) is 1.33. The van der Waals surface area contributed by atoms with Crippen LogP contribution in [-0.2, 0) is 13.2 Å². The van der Waals surface area contributed by atoms with Crippen molar-refractivity contribution in [3.05, 3.63) is 107 Å². The van der Waals surface area contributed by atoms with Crippen LogP contribution in [0.4, 0.5) is 0 Å². The molecular weight excluding hydrogens is 430 g/mol. The summed E-state index contributed by atoms with van der Waals surface area (Å²) >= 11 is 1.56. The first-order valence-corrected chi connectivity index (χ1v) is 12.0. The number of amides is 1. The van der Waals surface area contributed by atoms with Gasteiger partial charge in [0.25, 0.3) is 5.91 Å². The van der Waals surface area contributed by atoms with Gasteiger partial charge >= 0.3 is 0 Å². The van der Waals surface area contributed by atoms with Crippen LogP contribution in [-0.4, -0.2) is 11.9 Å². The minimum absolute atomic E-state index is 0.00934. The van der Waals surface area contributed by atoms with E-state index >= 15 is 0 Å². The Bertz CT molecular complexity index is 1220. The van der Waals surface area contributed by atoms with E-state index in [-0.39, 0.29) is 5.91 Å². The van der Waals surface area contributed by atoms with Gasteiger partial charge in [0, 0.05) is 10.9 Å². The molecule has 0 unspecified atom stereocenters. The predicted octanol–water partition coefficient (Wildman–Crippen LogP) is 6.47. The third-order valence-electron chi connectivity index (χ3n) is 5.50. The van der Waals surface area contributed by atoms with E-state index in [1.165, 1.54) is 0 Å². The summed E-state index contributed by atoms with van der Waals surface area (Å²) in [4.78, 5) is 13.6. The van der Waals surface area contributed by atoms with E-state index in [1.807, 2.05) is 90.3 Å². The largest absolute Gasteiger partial charge is 0.485 e. The molecule has 166 valence electrons. The molecule has 1 heterocycles. The second-order valence-corrected chi connectivity index (χ2v) is 9.04. The fraction of sp³-hybridized carbons (Fsp3) is 0.179. The number of ether oxygens (including phenoxy) is 2. The van der Waals surface area contributed by atoms with Gasteiger partial charge in [-0.05, 0) is 59.2 Å². The van der Waals surface area contributed by atoms with Crippen LogP contribution in [0, 0.1) is 0 Å². The summed E-state index contributed by atoms with van der Waals surface area (Å²) in [7, 11) is 0. The molecule has 5 rings (SSSR count). The third-order valence-corrected chi connectivity index (χ3v) is 6.47. The van der Waals surface area contributed by atoms with Gasteiger partial charge in [0.05, 0.1) is 5.56 Å². The molecule has 0 radical (unpaired) electrons. The molecule has 0 saturated heterocycles. The predicted molar refractivity (Wildman–Crippen MR) is 132 cm³/mol.